The van der Waals surface area contributed by atoms with E-state index < -0.39 is 0 Å². The van der Waals surface area contributed by atoms with E-state index in [1.807, 2.05) is 6.07 Å². The minimum absolute atomic E-state index is 0.395. The van der Waals surface area contributed by atoms with Crippen molar-refractivity contribution in [2.24, 2.45) is 0 Å². The first kappa shape index (κ1) is 11.5. The highest BCUT2D eigenvalue weighted by Crippen LogP contribution is 2.25. The zero-order chi connectivity index (χ0) is 11.4. The summed E-state index contributed by atoms with van der Waals surface area (Å²) in [5, 5.41) is 2.60. The zero-order valence-electron chi connectivity index (χ0n) is 9.37. The number of ether oxygens (including phenoxy) is 1. The third kappa shape index (κ3) is 2.77. The molecule has 16 heavy (non-hydrogen) atoms. The Balaban J connectivity index is 2.03. The van der Waals surface area contributed by atoms with Crippen LogP contribution in [0, 0.1) is 0 Å². The van der Waals surface area contributed by atoms with Gasteiger partial charge in [0.05, 0.1) is 19.0 Å². The number of rotatable bonds is 3. The third-order valence-corrected chi connectivity index (χ3v) is 2.95. The summed E-state index contributed by atoms with van der Waals surface area (Å²) in [5.74, 6) is 0.601. The summed E-state index contributed by atoms with van der Waals surface area (Å²) in [5.41, 5.74) is 4.23. The van der Waals surface area contributed by atoms with Crippen LogP contribution in [0.5, 0.6) is 5.75 Å². The number of nitrogens with one attached hydrogen (secondary N) is 1. The number of nitrogens with zero attached hydrogens (tertiary/aromatic N) is 2. The minimum Gasteiger partial charge on any atom is -0.493 e. The van der Waals surface area contributed by atoms with Gasteiger partial charge in [0.25, 0.3) is 0 Å². The molecule has 5 heteroatoms. The number of hydrazine groups is 1. The molecule has 0 bridgehead atoms. The van der Waals surface area contributed by atoms with Crippen LogP contribution >= 0.6 is 11.6 Å². The lowest BCUT2D eigenvalue weighted by molar-refractivity contribution is 0.273. The molecule has 1 aromatic heterocycles. The summed E-state index contributed by atoms with van der Waals surface area (Å²) >= 11 is 5.86. The molecule has 0 aliphatic carbocycles. The molecule has 4 nitrogen and oxygen atoms in total. The lowest BCUT2D eigenvalue weighted by atomic mass is 10.2. The van der Waals surface area contributed by atoms with Crippen molar-refractivity contribution in [3.63, 3.8) is 0 Å². The summed E-state index contributed by atoms with van der Waals surface area (Å²) in [6, 6.07) is 1.87. The van der Waals surface area contributed by atoms with E-state index in [1.165, 1.54) is 19.3 Å². The maximum atomic E-state index is 5.86. The lowest BCUT2D eigenvalue weighted by Gasteiger charge is -2.27. The van der Waals surface area contributed by atoms with Gasteiger partial charge in [-0.1, -0.05) is 18.0 Å². The molecule has 2 rings (SSSR count). The van der Waals surface area contributed by atoms with Crippen molar-refractivity contribution in [3.8, 4) is 5.75 Å². The number of piperidine rings is 1. The Labute approximate surface area is 101 Å². The lowest BCUT2D eigenvalue weighted by Crippen LogP contribution is -2.34. The van der Waals surface area contributed by atoms with E-state index in [0.29, 0.717) is 10.9 Å². The molecule has 0 aromatic carbocycles. The fourth-order valence-electron chi connectivity index (χ4n) is 1.82. The molecule has 1 saturated heterocycles. The van der Waals surface area contributed by atoms with E-state index in [-0.39, 0.29) is 0 Å². The maximum Gasteiger partial charge on any atom is 0.171 e. The molecule has 1 N–H and O–H groups in total. The normalized spacial score (nSPS) is 17.1. The number of aromatic nitrogens is 1. The number of pyridine rings is 1. The van der Waals surface area contributed by atoms with Gasteiger partial charge >= 0.3 is 0 Å². The highest BCUT2D eigenvalue weighted by atomic mass is 35.5. The van der Waals surface area contributed by atoms with Gasteiger partial charge in [-0.2, -0.15) is 0 Å². The molecule has 0 radical (unpaired) electrons. The summed E-state index contributed by atoms with van der Waals surface area (Å²) < 4.78 is 5.12. The molecular formula is C11H16ClN3O. The molecule has 2 heterocycles. The van der Waals surface area contributed by atoms with E-state index >= 15 is 0 Å². The Morgan fingerprint density at radius 2 is 2.12 bits per heavy atom. The van der Waals surface area contributed by atoms with E-state index in [1.54, 1.807) is 13.3 Å². The summed E-state index contributed by atoms with van der Waals surface area (Å²) in [7, 11) is 1.59. The molecule has 1 aliphatic heterocycles. The Hall–Kier alpha value is -1.00. The molecule has 0 saturated carbocycles. The van der Waals surface area contributed by atoms with Gasteiger partial charge in [-0.15, -0.1) is 0 Å². The van der Waals surface area contributed by atoms with Crippen molar-refractivity contribution >= 4 is 17.3 Å². The highest BCUT2D eigenvalue weighted by molar-refractivity contribution is 6.30. The fourth-order valence-corrected chi connectivity index (χ4v) is 2.00. The smallest absolute Gasteiger partial charge is 0.171 e. The van der Waals surface area contributed by atoms with Crippen LogP contribution in [0.15, 0.2) is 12.3 Å². The van der Waals surface area contributed by atoms with Gasteiger partial charge in [0.2, 0.25) is 0 Å². The number of hydrogen-bond donors (Lipinski definition) is 1. The first-order valence-corrected chi connectivity index (χ1v) is 5.88. The summed E-state index contributed by atoms with van der Waals surface area (Å²) in [6.45, 7) is 2.15. The van der Waals surface area contributed by atoms with Crippen LogP contribution in [0.4, 0.5) is 5.69 Å². The largest absolute Gasteiger partial charge is 0.493 e. The number of hydrogen-bond acceptors (Lipinski definition) is 4. The van der Waals surface area contributed by atoms with Crippen molar-refractivity contribution in [1.29, 1.82) is 0 Å². The average molecular weight is 242 g/mol. The van der Waals surface area contributed by atoms with Crippen molar-refractivity contribution < 1.29 is 4.74 Å². The fraction of sp³-hybridized carbons (Fsp3) is 0.545. The van der Waals surface area contributed by atoms with Gasteiger partial charge in [0.15, 0.2) is 10.9 Å². The zero-order valence-corrected chi connectivity index (χ0v) is 10.1. The average Bonchev–Trinajstić information content (AvgIpc) is 2.33. The predicted molar refractivity (Wildman–Crippen MR) is 64.8 cm³/mol. The van der Waals surface area contributed by atoms with E-state index in [9.17, 15) is 0 Å². The second-order valence-corrected chi connectivity index (χ2v) is 4.23. The topological polar surface area (TPSA) is 37.4 Å². The van der Waals surface area contributed by atoms with Crippen molar-refractivity contribution in [2.75, 3.05) is 25.6 Å². The van der Waals surface area contributed by atoms with E-state index in [2.05, 4.69) is 15.4 Å². The third-order valence-electron chi connectivity index (χ3n) is 2.67. The second kappa shape index (κ2) is 5.37. The minimum atomic E-state index is 0.395. The molecule has 0 amide bonds. The quantitative estimate of drug-likeness (QED) is 0.826. The maximum absolute atomic E-state index is 5.86. The van der Waals surface area contributed by atoms with Crippen LogP contribution in [-0.4, -0.2) is 30.2 Å². The van der Waals surface area contributed by atoms with Gasteiger partial charge in [-0.25, -0.2) is 9.99 Å². The van der Waals surface area contributed by atoms with Crippen LogP contribution < -0.4 is 10.2 Å². The molecule has 88 valence electrons. The van der Waals surface area contributed by atoms with Crippen molar-refractivity contribution in [2.45, 2.75) is 19.3 Å². The number of anilines is 1. The van der Waals surface area contributed by atoms with Crippen LogP contribution in [0.3, 0.4) is 0 Å². The van der Waals surface area contributed by atoms with Crippen LogP contribution in [0.1, 0.15) is 19.3 Å². The SMILES string of the molecule is COc1cc(NN2CCCCC2)cnc1Cl. The Morgan fingerprint density at radius 1 is 1.38 bits per heavy atom. The monoisotopic (exact) mass is 241 g/mol. The first-order chi connectivity index (χ1) is 7.79. The molecule has 0 unspecified atom stereocenters. The summed E-state index contributed by atoms with van der Waals surface area (Å²) in [6.07, 6.45) is 5.52. The highest BCUT2D eigenvalue weighted by Gasteiger charge is 2.11. The number of halogens is 1. The standard InChI is InChI=1S/C11H16ClN3O/c1-16-10-7-9(8-13-11(10)12)14-15-5-3-2-4-6-15/h7-8,14H,2-6H2,1H3. The Morgan fingerprint density at radius 3 is 2.81 bits per heavy atom. The Kier molecular flexibility index (Phi) is 3.85. The molecule has 1 fully saturated rings. The second-order valence-electron chi connectivity index (χ2n) is 3.88. The van der Waals surface area contributed by atoms with Gasteiger partial charge in [0, 0.05) is 19.2 Å². The van der Waals surface area contributed by atoms with Gasteiger partial charge in [-0.3, -0.25) is 0 Å². The van der Waals surface area contributed by atoms with Gasteiger partial charge < -0.3 is 10.2 Å². The molecule has 1 aliphatic rings. The predicted octanol–water partition coefficient (Wildman–Crippen LogP) is 2.56. The van der Waals surface area contributed by atoms with Crippen LogP contribution in [-0.2, 0) is 0 Å². The van der Waals surface area contributed by atoms with Gasteiger partial charge in [-0.05, 0) is 12.8 Å². The summed E-state index contributed by atoms with van der Waals surface area (Å²) in [4.78, 5) is 4.07. The molecule has 0 spiro atoms. The van der Waals surface area contributed by atoms with Crippen molar-refractivity contribution in [3.05, 3.63) is 17.4 Å². The van der Waals surface area contributed by atoms with E-state index in [0.717, 1.165) is 18.8 Å². The Bertz CT molecular complexity index is 353. The van der Waals surface area contributed by atoms with Crippen molar-refractivity contribution in [1.82, 2.24) is 9.99 Å². The van der Waals surface area contributed by atoms with Gasteiger partial charge in [0.1, 0.15) is 0 Å². The first-order valence-electron chi connectivity index (χ1n) is 5.51. The number of methoxy groups -OCH3 is 1. The molecule has 1 aromatic rings. The molecular weight excluding hydrogens is 226 g/mol. The van der Waals surface area contributed by atoms with Crippen LogP contribution in [0.2, 0.25) is 5.15 Å². The van der Waals surface area contributed by atoms with Crippen LogP contribution in [0.25, 0.3) is 0 Å². The molecule has 0 atom stereocenters. The van der Waals surface area contributed by atoms with E-state index in [4.69, 9.17) is 16.3 Å².